The van der Waals surface area contributed by atoms with E-state index in [4.69, 9.17) is 14.2 Å². The molecular formula is C19H23N3O4. The van der Waals surface area contributed by atoms with E-state index in [-0.39, 0.29) is 12.5 Å². The number of hydrazone groups is 1. The summed E-state index contributed by atoms with van der Waals surface area (Å²) in [7, 11) is 3.14. The first kappa shape index (κ1) is 19.1. The summed E-state index contributed by atoms with van der Waals surface area (Å²) in [4.78, 5) is 11.8. The van der Waals surface area contributed by atoms with E-state index in [1.165, 1.54) is 6.21 Å². The molecule has 138 valence electrons. The third kappa shape index (κ3) is 5.70. The highest BCUT2D eigenvalue weighted by molar-refractivity contribution is 5.84. The standard InChI is InChI=1S/C19H23N3O4/c1-4-26-16-8-6-15(7-9-16)20-13-19(23)22-21-12-14-5-10-17(24-2)18(11-14)25-3/h5-12,20H,4,13H2,1-3H3,(H,22,23)/b21-12-. The Morgan fingerprint density at radius 2 is 1.81 bits per heavy atom. The van der Waals surface area contributed by atoms with Crippen molar-refractivity contribution in [2.45, 2.75) is 6.92 Å². The van der Waals surface area contributed by atoms with Crippen molar-refractivity contribution >= 4 is 17.8 Å². The summed E-state index contributed by atoms with van der Waals surface area (Å²) in [6.07, 6.45) is 1.54. The molecule has 2 N–H and O–H groups in total. The minimum Gasteiger partial charge on any atom is -0.494 e. The number of nitrogens with zero attached hydrogens (tertiary/aromatic N) is 1. The molecule has 2 aromatic carbocycles. The molecule has 0 aliphatic rings. The molecule has 0 saturated carbocycles. The summed E-state index contributed by atoms with van der Waals surface area (Å²) in [5, 5.41) is 6.96. The van der Waals surface area contributed by atoms with Crippen molar-refractivity contribution in [3.05, 3.63) is 48.0 Å². The SMILES string of the molecule is CCOc1ccc(NCC(=O)N/N=C\c2ccc(OC)c(OC)c2)cc1. The molecular weight excluding hydrogens is 334 g/mol. The summed E-state index contributed by atoms with van der Waals surface area (Å²) < 4.78 is 15.8. The molecule has 0 atom stereocenters. The van der Waals surface area contributed by atoms with Gasteiger partial charge in [0.15, 0.2) is 11.5 Å². The molecule has 26 heavy (non-hydrogen) atoms. The van der Waals surface area contributed by atoms with E-state index in [2.05, 4.69) is 15.8 Å². The number of methoxy groups -OCH3 is 2. The molecule has 2 rings (SSSR count). The third-order valence-electron chi connectivity index (χ3n) is 3.43. The predicted octanol–water partition coefficient (Wildman–Crippen LogP) is 2.66. The largest absolute Gasteiger partial charge is 0.494 e. The number of hydrogen-bond donors (Lipinski definition) is 2. The second kappa shape index (κ2) is 9.93. The van der Waals surface area contributed by atoms with Crippen molar-refractivity contribution in [1.29, 1.82) is 0 Å². The number of nitrogens with one attached hydrogen (secondary N) is 2. The van der Waals surface area contributed by atoms with Crippen LogP contribution in [0.5, 0.6) is 17.2 Å². The average Bonchev–Trinajstić information content (AvgIpc) is 2.67. The molecule has 0 heterocycles. The highest BCUT2D eigenvalue weighted by Crippen LogP contribution is 2.26. The highest BCUT2D eigenvalue weighted by Gasteiger charge is 2.03. The maximum Gasteiger partial charge on any atom is 0.259 e. The Kier molecular flexibility index (Phi) is 7.30. The third-order valence-corrected chi connectivity index (χ3v) is 3.43. The molecule has 7 heteroatoms. The fourth-order valence-electron chi connectivity index (χ4n) is 2.17. The van der Waals surface area contributed by atoms with Crippen molar-refractivity contribution in [3.8, 4) is 17.2 Å². The molecule has 0 aromatic heterocycles. The van der Waals surface area contributed by atoms with Crippen molar-refractivity contribution in [2.75, 3.05) is 32.7 Å². The summed E-state index contributed by atoms with van der Waals surface area (Å²) in [6.45, 7) is 2.66. The zero-order valence-corrected chi connectivity index (χ0v) is 15.1. The van der Waals surface area contributed by atoms with E-state index >= 15 is 0 Å². The lowest BCUT2D eigenvalue weighted by Gasteiger charge is -2.08. The molecule has 0 bridgehead atoms. The Labute approximate surface area is 153 Å². The van der Waals surface area contributed by atoms with Crippen LogP contribution in [0.1, 0.15) is 12.5 Å². The Bertz CT molecular complexity index is 745. The Balaban J connectivity index is 1.81. The van der Waals surface area contributed by atoms with Gasteiger partial charge in [0.2, 0.25) is 0 Å². The minimum atomic E-state index is -0.254. The Hall–Kier alpha value is -3.22. The lowest BCUT2D eigenvalue weighted by atomic mass is 10.2. The van der Waals surface area contributed by atoms with Crippen molar-refractivity contribution in [3.63, 3.8) is 0 Å². The molecule has 0 radical (unpaired) electrons. The number of rotatable bonds is 9. The fraction of sp³-hybridized carbons (Fsp3) is 0.263. The molecule has 0 aliphatic carbocycles. The van der Waals surface area contributed by atoms with E-state index < -0.39 is 0 Å². The molecule has 2 aromatic rings. The highest BCUT2D eigenvalue weighted by atomic mass is 16.5. The normalized spacial score (nSPS) is 10.4. The van der Waals surface area contributed by atoms with Gasteiger partial charge in [-0.25, -0.2) is 5.43 Å². The number of amides is 1. The maximum absolute atomic E-state index is 11.8. The molecule has 0 saturated heterocycles. The minimum absolute atomic E-state index is 0.108. The molecule has 0 fully saturated rings. The predicted molar refractivity (Wildman–Crippen MR) is 101 cm³/mol. The van der Waals surface area contributed by atoms with Gasteiger partial charge in [0.25, 0.3) is 5.91 Å². The smallest absolute Gasteiger partial charge is 0.259 e. The van der Waals surface area contributed by atoms with Crippen LogP contribution in [-0.4, -0.2) is 39.5 Å². The summed E-state index contributed by atoms with van der Waals surface area (Å²) in [5.41, 5.74) is 4.08. The van der Waals surface area contributed by atoms with Crippen molar-refractivity contribution in [2.24, 2.45) is 5.10 Å². The fourth-order valence-corrected chi connectivity index (χ4v) is 2.17. The van der Waals surface area contributed by atoms with E-state index in [0.29, 0.717) is 18.1 Å². The first-order valence-electron chi connectivity index (χ1n) is 8.17. The van der Waals surface area contributed by atoms with Crippen LogP contribution in [0.4, 0.5) is 5.69 Å². The number of carbonyl (C=O) groups excluding carboxylic acids is 1. The second-order valence-corrected chi connectivity index (χ2v) is 5.22. The van der Waals surface area contributed by atoms with Gasteiger partial charge in [-0.15, -0.1) is 0 Å². The molecule has 7 nitrogen and oxygen atoms in total. The van der Waals surface area contributed by atoms with Crippen LogP contribution >= 0.6 is 0 Å². The molecule has 1 amide bonds. The molecule has 0 unspecified atom stereocenters. The van der Waals surface area contributed by atoms with Gasteiger partial charge in [-0.3, -0.25) is 4.79 Å². The second-order valence-electron chi connectivity index (χ2n) is 5.22. The number of hydrogen-bond acceptors (Lipinski definition) is 6. The quantitative estimate of drug-likeness (QED) is 0.533. The number of benzene rings is 2. The van der Waals surface area contributed by atoms with E-state index in [9.17, 15) is 4.79 Å². The van der Waals surface area contributed by atoms with Crippen LogP contribution in [0.15, 0.2) is 47.6 Å². The van der Waals surface area contributed by atoms with E-state index in [0.717, 1.165) is 17.0 Å². The number of carbonyl (C=O) groups is 1. The van der Waals surface area contributed by atoms with Gasteiger partial charge in [-0.2, -0.15) is 5.10 Å². The summed E-state index contributed by atoms with van der Waals surface area (Å²) >= 11 is 0. The molecule has 0 spiro atoms. The van der Waals surface area contributed by atoms with Gasteiger partial charge >= 0.3 is 0 Å². The zero-order valence-electron chi connectivity index (χ0n) is 15.1. The van der Waals surface area contributed by atoms with Crippen LogP contribution in [0, 0.1) is 0 Å². The van der Waals surface area contributed by atoms with Crippen LogP contribution < -0.4 is 25.0 Å². The first-order valence-corrected chi connectivity index (χ1v) is 8.17. The first-order chi connectivity index (χ1) is 12.7. The van der Waals surface area contributed by atoms with Gasteiger partial charge < -0.3 is 19.5 Å². The van der Waals surface area contributed by atoms with Crippen LogP contribution in [0.2, 0.25) is 0 Å². The van der Waals surface area contributed by atoms with Gasteiger partial charge in [-0.1, -0.05) is 0 Å². The zero-order chi connectivity index (χ0) is 18.8. The van der Waals surface area contributed by atoms with Gasteiger partial charge in [0.1, 0.15) is 5.75 Å². The van der Waals surface area contributed by atoms with Crippen LogP contribution in [0.25, 0.3) is 0 Å². The summed E-state index contributed by atoms with van der Waals surface area (Å²) in [5.74, 6) is 1.77. The molecule has 0 aliphatic heterocycles. The van der Waals surface area contributed by atoms with Crippen LogP contribution in [-0.2, 0) is 4.79 Å². The number of ether oxygens (including phenoxy) is 3. The van der Waals surface area contributed by atoms with Crippen LogP contribution in [0.3, 0.4) is 0 Å². The maximum atomic E-state index is 11.8. The van der Waals surface area contributed by atoms with E-state index in [1.807, 2.05) is 37.3 Å². The van der Waals surface area contributed by atoms with Crippen molar-refractivity contribution in [1.82, 2.24) is 5.43 Å². The van der Waals surface area contributed by atoms with Gasteiger partial charge in [0, 0.05) is 5.69 Å². The van der Waals surface area contributed by atoms with E-state index in [1.54, 1.807) is 26.4 Å². The number of anilines is 1. The monoisotopic (exact) mass is 357 g/mol. The van der Waals surface area contributed by atoms with Crippen molar-refractivity contribution < 1.29 is 19.0 Å². The average molecular weight is 357 g/mol. The van der Waals surface area contributed by atoms with Gasteiger partial charge in [0.05, 0.1) is 33.6 Å². The Morgan fingerprint density at radius 3 is 2.46 bits per heavy atom. The lowest BCUT2D eigenvalue weighted by Crippen LogP contribution is -2.25. The summed E-state index contributed by atoms with van der Waals surface area (Å²) in [6, 6.07) is 12.8. The van der Waals surface area contributed by atoms with Gasteiger partial charge in [-0.05, 0) is 55.0 Å². The Morgan fingerprint density at radius 1 is 1.08 bits per heavy atom. The lowest BCUT2D eigenvalue weighted by molar-refractivity contribution is -0.119. The topological polar surface area (TPSA) is 81.2 Å².